The molecule has 2 unspecified atom stereocenters. The molecular weight excluding hydrogens is 180 g/mol. The second-order valence-electron chi connectivity index (χ2n) is 4.51. The van der Waals surface area contributed by atoms with Crippen LogP contribution in [-0.2, 0) is 4.74 Å². The van der Waals surface area contributed by atoms with Crippen molar-refractivity contribution in [1.29, 1.82) is 0 Å². The zero-order valence-corrected chi connectivity index (χ0v) is 8.82. The van der Waals surface area contributed by atoms with Gasteiger partial charge in [-0.05, 0) is 25.7 Å². The van der Waals surface area contributed by atoms with E-state index in [2.05, 4.69) is 5.32 Å². The van der Waals surface area contributed by atoms with Crippen LogP contribution >= 0.6 is 0 Å². The Morgan fingerprint density at radius 3 is 2.36 bits per heavy atom. The lowest BCUT2D eigenvalue weighted by Gasteiger charge is -2.29. The van der Waals surface area contributed by atoms with Crippen molar-refractivity contribution in [2.24, 2.45) is 0 Å². The van der Waals surface area contributed by atoms with Gasteiger partial charge in [0.15, 0.2) is 0 Å². The summed E-state index contributed by atoms with van der Waals surface area (Å²) in [5.41, 5.74) is 0. The van der Waals surface area contributed by atoms with Gasteiger partial charge in [-0.15, -0.1) is 0 Å². The Morgan fingerprint density at radius 1 is 1.29 bits per heavy atom. The van der Waals surface area contributed by atoms with Crippen molar-refractivity contribution < 1.29 is 9.53 Å². The number of carbonyl (C=O) groups is 1. The Labute approximate surface area is 84.6 Å². The minimum Gasteiger partial charge on any atom is -0.446 e. The third-order valence-electron chi connectivity index (χ3n) is 3.06. The zero-order chi connectivity index (χ0) is 10.1. The van der Waals surface area contributed by atoms with Crippen LogP contribution in [0.5, 0.6) is 0 Å². The van der Waals surface area contributed by atoms with Gasteiger partial charge >= 0.3 is 6.09 Å². The lowest BCUT2D eigenvalue weighted by molar-refractivity contribution is 0.0490. The lowest BCUT2D eigenvalue weighted by Crippen LogP contribution is -2.43. The maximum Gasteiger partial charge on any atom is 0.409 e. The highest BCUT2D eigenvalue weighted by atomic mass is 16.6. The van der Waals surface area contributed by atoms with Gasteiger partial charge in [-0.25, -0.2) is 4.79 Å². The molecule has 2 bridgehead atoms. The van der Waals surface area contributed by atoms with Crippen LogP contribution in [0.1, 0.15) is 25.7 Å². The quantitative estimate of drug-likeness (QED) is 0.682. The predicted octanol–water partition coefficient (Wildman–Crippen LogP) is 0.968. The summed E-state index contributed by atoms with van der Waals surface area (Å²) in [7, 11) is 3.44. The molecule has 0 aliphatic carbocycles. The second kappa shape index (κ2) is 3.77. The molecule has 2 fully saturated rings. The predicted molar refractivity (Wildman–Crippen MR) is 53.1 cm³/mol. The second-order valence-corrected chi connectivity index (χ2v) is 4.51. The van der Waals surface area contributed by atoms with Crippen LogP contribution in [0.3, 0.4) is 0 Å². The molecule has 0 spiro atoms. The topological polar surface area (TPSA) is 41.6 Å². The molecular formula is C10H18N2O2. The standard InChI is InChI=1S/C10H18N2O2/c1-12(2)10(13)14-9-5-7-3-4-8(6-9)11-7/h7-9,11H,3-6H2,1-2H3. The van der Waals surface area contributed by atoms with Gasteiger partial charge in [-0.1, -0.05) is 0 Å². The number of rotatable bonds is 1. The van der Waals surface area contributed by atoms with Crippen molar-refractivity contribution in [1.82, 2.24) is 10.2 Å². The van der Waals surface area contributed by atoms with Crippen molar-refractivity contribution in [3.63, 3.8) is 0 Å². The molecule has 2 atom stereocenters. The highest BCUT2D eigenvalue weighted by Gasteiger charge is 2.35. The van der Waals surface area contributed by atoms with Crippen LogP contribution in [0.2, 0.25) is 0 Å². The summed E-state index contributed by atoms with van der Waals surface area (Å²) in [6, 6.07) is 1.16. The number of nitrogens with zero attached hydrogens (tertiary/aromatic N) is 1. The largest absolute Gasteiger partial charge is 0.446 e. The van der Waals surface area contributed by atoms with Gasteiger partial charge in [0.25, 0.3) is 0 Å². The van der Waals surface area contributed by atoms with E-state index in [9.17, 15) is 4.79 Å². The van der Waals surface area contributed by atoms with Gasteiger partial charge in [0.05, 0.1) is 0 Å². The van der Waals surface area contributed by atoms with E-state index in [1.54, 1.807) is 14.1 Å². The minimum absolute atomic E-state index is 0.128. The molecule has 2 aliphatic heterocycles. The van der Waals surface area contributed by atoms with Crippen molar-refractivity contribution in [2.45, 2.75) is 43.9 Å². The van der Waals surface area contributed by atoms with E-state index in [0.29, 0.717) is 12.1 Å². The Morgan fingerprint density at radius 2 is 1.86 bits per heavy atom. The fourth-order valence-corrected chi connectivity index (χ4v) is 2.35. The molecule has 2 heterocycles. The van der Waals surface area contributed by atoms with E-state index in [4.69, 9.17) is 4.74 Å². The SMILES string of the molecule is CN(C)C(=O)OC1CC2CCC(C1)N2. The highest BCUT2D eigenvalue weighted by molar-refractivity contribution is 5.67. The Bertz CT molecular complexity index is 218. The van der Waals surface area contributed by atoms with Crippen LogP contribution in [0.15, 0.2) is 0 Å². The summed E-state index contributed by atoms with van der Waals surface area (Å²) in [5.74, 6) is 0. The molecule has 14 heavy (non-hydrogen) atoms. The van der Waals surface area contributed by atoms with Gasteiger partial charge < -0.3 is 15.0 Å². The maximum absolute atomic E-state index is 11.3. The number of fused-ring (bicyclic) bond motifs is 2. The molecule has 4 nitrogen and oxygen atoms in total. The summed E-state index contributed by atoms with van der Waals surface area (Å²) in [5, 5.41) is 3.52. The zero-order valence-electron chi connectivity index (χ0n) is 8.82. The molecule has 0 radical (unpaired) electrons. The van der Waals surface area contributed by atoms with Crippen LogP contribution in [-0.4, -0.2) is 43.3 Å². The van der Waals surface area contributed by atoms with Gasteiger partial charge in [-0.2, -0.15) is 0 Å². The third kappa shape index (κ3) is 2.00. The fraction of sp³-hybridized carbons (Fsp3) is 0.900. The van der Waals surface area contributed by atoms with E-state index in [0.717, 1.165) is 12.8 Å². The molecule has 2 rings (SSSR count). The lowest BCUT2D eigenvalue weighted by atomic mass is 10.0. The molecule has 2 aliphatic rings. The Hall–Kier alpha value is -0.770. The van der Waals surface area contributed by atoms with Gasteiger partial charge in [0.2, 0.25) is 0 Å². The molecule has 0 aromatic carbocycles. The van der Waals surface area contributed by atoms with E-state index in [-0.39, 0.29) is 12.2 Å². The van der Waals surface area contributed by atoms with Gasteiger partial charge in [-0.3, -0.25) is 0 Å². The first-order chi connectivity index (χ1) is 6.65. The average molecular weight is 198 g/mol. The fourth-order valence-electron chi connectivity index (χ4n) is 2.35. The van der Waals surface area contributed by atoms with E-state index < -0.39 is 0 Å². The molecule has 80 valence electrons. The van der Waals surface area contributed by atoms with Crippen LogP contribution in [0.4, 0.5) is 4.79 Å². The van der Waals surface area contributed by atoms with Crippen molar-refractivity contribution in [3.8, 4) is 0 Å². The maximum atomic E-state index is 11.3. The minimum atomic E-state index is -0.212. The summed E-state index contributed by atoms with van der Waals surface area (Å²) in [6.07, 6.45) is 4.35. The molecule has 4 heteroatoms. The molecule has 2 saturated heterocycles. The molecule has 1 amide bonds. The average Bonchev–Trinajstić information content (AvgIpc) is 2.45. The summed E-state index contributed by atoms with van der Waals surface area (Å²) in [4.78, 5) is 12.8. The van der Waals surface area contributed by atoms with Crippen LogP contribution in [0.25, 0.3) is 0 Å². The molecule has 0 aromatic heterocycles. The van der Waals surface area contributed by atoms with Crippen molar-refractivity contribution >= 4 is 6.09 Å². The number of hydrogen-bond acceptors (Lipinski definition) is 3. The van der Waals surface area contributed by atoms with Crippen LogP contribution in [0, 0.1) is 0 Å². The molecule has 0 aromatic rings. The number of carbonyl (C=O) groups excluding carboxylic acids is 1. The summed E-state index contributed by atoms with van der Waals surface area (Å²) >= 11 is 0. The third-order valence-corrected chi connectivity index (χ3v) is 3.06. The number of nitrogens with one attached hydrogen (secondary N) is 1. The summed E-state index contributed by atoms with van der Waals surface area (Å²) < 4.78 is 5.38. The molecule has 0 saturated carbocycles. The van der Waals surface area contributed by atoms with E-state index >= 15 is 0 Å². The molecule has 1 N–H and O–H groups in total. The monoisotopic (exact) mass is 198 g/mol. The highest BCUT2D eigenvalue weighted by Crippen LogP contribution is 2.28. The van der Waals surface area contributed by atoms with E-state index in [1.807, 2.05) is 0 Å². The normalized spacial score (nSPS) is 35.4. The summed E-state index contributed by atoms with van der Waals surface area (Å²) in [6.45, 7) is 0. The van der Waals surface area contributed by atoms with Gasteiger partial charge in [0, 0.05) is 26.2 Å². The first-order valence-electron chi connectivity index (χ1n) is 5.29. The first-order valence-corrected chi connectivity index (χ1v) is 5.29. The van der Waals surface area contributed by atoms with Gasteiger partial charge in [0.1, 0.15) is 6.10 Å². The van der Waals surface area contributed by atoms with Crippen LogP contribution < -0.4 is 5.32 Å². The Balaban J connectivity index is 1.85. The van der Waals surface area contributed by atoms with Crippen molar-refractivity contribution in [3.05, 3.63) is 0 Å². The number of ether oxygens (including phenoxy) is 1. The first kappa shape index (κ1) is 9.77. The number of amides is 1. The van der Waals surface area contributed by atoms with E-state index in [1.165, 1.54) is 17.7 Å². The number of hydrogen-bond donors (Lipinski definition) is 1. The van der Waals surface area contributed by atoms with Crippen molar-refractivity contribution in [2.75, 3.05) is 14.1 Å². The number of piperidine rings is 1. The Kier molecular flexibility index (Phi) is 2.63. The smallest absolute Gasteiger partial charge is 0.409 e.